The first-order chi connectivity index (χ1) is 9.49. The molecule has 0 aliphatic carbocycles. The molecule has 110 valence electrons. The number of carbonyl (C=O) groups excluding carboxylic acids is 1. The molecule has 1 aliphatic rings. The second-order valence-electron chi connectivity index (χ2n) is 5.37. The summed E-state index contributed by atoms with van der Waals surface area (Å²) >= 11 is 0. The maximum absolute atomic E-state index is 12.2. The lowest BCUT2D eigenvalue weighted by molar-refractivity contribution is -0.145. The van der Waals surface area contributed by atoms with Crippen LogP contribution in [0.3, 0.4) is 0 Å². The molecule has 6 nitrogen and oxygen atoms in total. The lowest BCUT2D eigenvalue weighted by Gasteiger charge is -2.28. The largest absolute Gasteiger partial charge is 0.480 e. The quantitative estimate of drug-likeness (QED) is 0.907. The Morgan fingerprint density at radius 1 is 1.30 bits per heavy atom. The molecule has 1 aromatic heterocycles. The van der Waals surface area contributed by atoms with Gasteiger partial charge < -0.3 is 10.0 Å². The number of amides is 1. The number of aryl methyl sites for hydroxylation is 2. The Hall–Kier alpha value is -1.85. The third-order valence-electron chi connectivity index (χ3n) is 3.70. The van der Waals surface area contributed by atoms with Gasteiger partial charge in [0.1, 0.15) is 0 Å². The number of aliphatic carboxylic acids is 1. The third-order valence-corrected chi connectivity index (χ3v) is 3.70. The van der Waals surface area contributed by atoms with Crippen molar-refractivity contribution < 1.29 is 14.7 Å². The Labute approximate surface area is 118 Å². The Kier molecular flexibility index (Phi) is 4.42. The minimum absolute atomic E-state index is 0.0305. The highest BCUT2D eigenvalue weighted by Crippen LogP contribution is 2.18. The number of hydrogen-bond acceptors (Lipinski definition) is 3. The summed E-state index contributed by atoms with van der Waals surface area (Å²) in [5.74, 6) is -1.11. The fourth-order valence-corrected chi connectivity index (χ4v) is 2.68. The molecule has 0 radical (unpaired) electrons. The van der Waals surface area contributed by atoms with E-state index in [1.54, 1.807) is 11.8 Å². The van der Waals surface area contributed by atoms with Crippen molar-refractivity contribution in [2.75, 3.05) is 13.1 Å². The summed E-state index contributed by atoms with van der Waals surface area (Å²) in [5.41, 5.74) is 1.53. The van der Waals surface area contributed by atoms with Crippen molar-refractivity contribution in [1.82, 2.24) is 14.7 Å². The standard InChI is InChI=1S/C14H21N3O3/c1-10-8-11(2)17(15-10)12(14(19)20)9-13(18)16-6-4-3-5-7-16/h8,12H,3-7,9H2,1-2H3,(H,19,20). The van der Waals surface area contributed by atoms with Crippen molar-refractivity contribution in [2.24, 2.45) is 0 Å². The fourth-order valence-electron chi connectivity index (χ4n) is 2.68. The predicted octanol–water partition coefficient (Wildman–Crippen LogP) is 1.53. The van der Waals surface area contributed by atoms with E-state index >= 15 is 0 Å². The molecule has 1 aromatic rings. The first-order valence-corrected chi connectivity index (χ1v) is 7.02. The Morgan fingerprint density at radius 3 is 2.45 bits per heavy atom. The molecule has 2 rings (SSSR count). The molecule has 1 aliphatic heterocycles. The van der Waals surface area contributed by atoms with E-state index in [4.69, 9.17) is 0 Å². The van der Waals surface area contributed by atoms with Crippen molar-refractivity contribution >= 4 is 11.9 Å². The average Bonchev–Trinajstić information content (AvgIpc) is 2.75. The second-order valence-corrected chi connectivity index (χ2v) is 5.37. The SMILES string of the molecule is Cc1cc(C)n(C(CC(=O)N2CCCCC2)C(=O)O)n1. The van der Waals surface area contributed by atoms with Gasteiger partial charge in [0.05, 0.1) is 12.1 Å². The van der Waals surface area contributed by atoms with E-state index in [-0.39, 0.29) is 12.3 Å². The molecule has 1 amide bonds. The van der Waals surface area contributed by atoms with Gasteiger partial charge in [-0.2, -0.15) is 5.10 Å². The number of rotatable bonds is 4. The summed E-state index contributed by atoms with van der Waals surface area (Å²) in [6.45, 7) is 5.10. The van der Waals surface area contributed by atoms with E-state index in [1.165, 1.54) is 4.68 Å². The molecule has 0 spiro atoms. The van der Waals surface area contributed by atoms with Crippen LogP contribution in [0.15, 0.2) is 6.07 Å². The number of likely N-dealkylation sites (tertiary alicyclic amines) is 1. The summed E-state index contributed by atoms with van der Waals surface area (Å²) in [6.07, 6.45) is 3.12. The first-order valence-electron chi connectivity index (χ1n) is 7.02. The van der Waals surface area contributed by atoms with E-state index in [1.807, 2.05) is 13.0 Å². The van der Waals surface area contributed by atoms with Gasteiger partial charge >= 0.3 is 5.97 Å². The number of piperidine rings is 1. The maximum Gasteiger partial charge on any atom is 0.329 e. The molecule has 1 saturated heterocycles. The van der Waals surface area contributed by atoms with Gasteiger partial charge in [-0.3, -0.25) is 9.48 Å². The monoisotopic (exact) mass is 279 g/mol. The highest BCUT2D eigenvalue weighted by molar-refractivity contribution is 5.83. The number of carboxylic acid groups (broad SMARTS) is 1. The van der Waals surface area contributed by atoms with Crippen LogP contribution in [0.1, 0.15) is 43.1 Å². The van der Waals surface area contributed by atoms with Crippen molar-refractivity contribution in [3.05, 3.63) is 17.5 Å². The van der Waals surface area contributed by atoms with Crippen LogP contribution >= 0.6 is 0 Å². The maximum atomic E-state index is 12.2. The zero-order chi connectivity index (χ0) is 14.7. The first kappa shape index (κ1) is 14.6. The van der Waals surface area contributed by atoms with E-state index in [2.05, 4.69) is 5.10 Å². The molecule has 0 aromatic carbocycles. The summed E-state index contributed by atoms with van der Waals surface area (Å²) in [5, 5.41) is 13.6. The average molecular weight is 279 g/mol. The molecule has 20 heavy (non-hydrogen) atoms. The van der Waals surface area contributed by atoms with E-state index < -0.39 is 12.0 Å². The number of carboxylic acids is 1. The summed E-state index contributed by atoms with van der Waals surface area (Å²) in [7, 11) is 0. The molecule has 0 bridgehead atoms. The number of hydrogen-bond donors (Lipinski definition) is 1. The summed E-state index contributed by atoms with van der Waals surface area (Å²) in [4.78, 5) is 25.4. The van der Waals surface area contributed by atoms with Gasteiger partial charge in [-0.05, 0) is 39.2 Å². The van der Waals surface area contributed by atoms with Crippen LogP contribution < -0.4 is 0 Å². The zero-order valence-electron chi connectivity index (χ0n) is 12.0. The topological polar surface area (TPSA) is 75.4 Å². The Bertz CT molecular complexity index is 504. The van der Waals surface area contributed by atoms with Crippen molar-refractivity contribution in [3.8, 4) is 0 Å². The minimum Gasteiger partial charge on any atom is -0.480 e. The van der Waals surface area contributed by atoms with Gasteiger partial charge in [0.25, 0.3) is 0 Å². The number of aromatic nitrogens is 2. The van der Waals surface area contributed by atoms with Crippen LogP contribution in [0, 0.1) is 13.8 Å². The summed E-state index contributed by atoms with van der Waals surface area (Å²) < 4.78 is 1.44. The van der Waals surface area contributed by atoms with Crippen LogP contribution in [0.4, 0.5) is 0 Å². The van der Waals surface area contributed by atoms with Gasteiger partial charge in [0.2, 0.25) is 5.91 Å². The molecule has 0 saturated carbocycles. The summed E-state index contributed by atoms with van der Waals surface area (Å²) in [6, 6.07) is 0.902. The Morgan fingerprint density at radius 2 is 1.95 bits per heavy atom. The molecule has 1 atom stereocenters. The fraction of sp³-hybridized carbons (Fsp3) is 0.643. The van der Waals surface area contributed by atoms with E-state index in [9.17, 15) is 14.7 Å². The molecule has 2 heterocycles. The molecule has 6 heteroatoms. The number of carbonyl (C=O) groups is 2. The van der Waals surface area contributed by atoms with E-state index in [0.29, 0.717) is 0 Å². The zero-order valence-corrected chi connectivity index (χ0v) is 12.0. The van der Waals surface area contributed by atoms with Gasteiger partial charge in [-0.1, -0.05) is 0 Å². The normalized spacial score (nSPS) is 17.0. The molecular weight excluding hydrogens is 258 g/mol. The highest BCUT2D eigenvalue weighted by Gasteiger charge is 2.28. The lowest BCUT2D eigenvalue weighted by atomic mass is 10.1. The predicted molar refractivity (Wildman–Crippen MR) is 73.4 cm³/mol. The number of nitrogens with zero attached hydrogens (tertiary/aromatic N) is 3. The highest BCUT2D eigenvalue weighted by atomic mass is 16.4. The van der Waals surface area contributed by atoms with Crippen molar-refractivity contribution in [1.29, 1.82) is 0 Å². The molecule has 1 fully saturated rings. The van der Waals surface area contributed by atoms with Crippen molar-refractivity contribution in [2.45, 2.75) is 45.6 Å². The van der Waals surface area contributed by atoms with Gasteiger partial charge in [-0.15, -0.1) is 0 Å². The van der Waals surface area contributed by atoms with Crippen LogP contribution in [0.25, 0.3) is 0 Å². The third kappa shape index (κ3) is 3.18. The molecule has 1 N–H and O–H groups in total. The smallest absolute Gasteiger partial charge is 0.329 e. The van der Waals surface area contributed by atoms with Gasteiger partial charge in [-0.25, -0.2) is 4.79 Å². The van der Waals surface area contributed by atoms with E-state index in [0.717, 1.165) is 43.7 Å². The second kappa shape index (κ2) is 6.07. The van der Waals surface area contributed by atoms with Crippen LogP contribution in [-0.2, 0) is 9.59 Å². The van der Waals surface area contributed by atoms with Crippen LogP contribution in [0.5, 0.6) is 0 Å². The lowest BCUT2D eigenvalue weighted by Crippen LogP contribution is -2.38. The van der Waals surface area contributed by atoms with Crippen LogP contribution in [-0.4, -0.2) is 44.8 Å². The van der Waals surface area contributed by atoms with Crippen LogP contribution in [0.2, 0.25) is 0 Å². The Balaban J connectivity index is 2.11. The minimum atomic E-state index is -1.01. The van der Waals surface area contributed by atoms with Gasteiger partial charge in [0.15, 0.2) is 6.04 Å². The van der Waals surface area contributed by atoms with Crippen molar-refractivity contribution in [3.63, 3.8) is 0 Å². The van der Waals surface area contributed by atoms with Gasteiger partial charge in [0, 0.05) is 18.8 Å². The molecule has 1 unspecified atom stereocenters. The molecular formula is C14H21N3O3.